The van der Waals surface area contributed by atoms with E-state index in [9.17, 15) is 13.2 Å². The first kappa shape index (κ1) is 19.4. The maximum atomic E-state index is 12.8. The van der Waals surface area contributed by atoms with Crippen molar-refractivity contribution < 1.29 is 17.9 Å². The molecular weight excluding hydrogens is 378 g/mol. The molecule has 1 amide bonds. The Morgan fingerprint density at radius 3 is 2.71 bits per heavy atom. The molecule has 152 valence electrons. The molecule has 28 heavy (non-hydrogen) atoms. The van der Waals surface area contributed by atoms with Crippen LogP contribution in [0.15, 0.2) is 27.5 Å². The number of nitrogens with zero attached hydrogens (tertiary/aromatic N) is 2. The number of amides is 1. The van der Waals surface area contributed by atoms with Gasteiger partial charge in [0.2, 0.25) is 5.91 Å². The number of carbonyl (C=O) groups excluding carboxylic acids is 1. The van der Waals surface area contributed by atoms with Gasteiger partial charge in [-0.05, 0) is 43.9 Å². The fourth-order valence-corrected chi connectivity index (χ4v) is 5.60. The molecule has 1 saturated heterocycles. The van der Waals surface area contributed by atoms with Crippen molar-refractivity contribution in [2.45, 2.75) is 62.9 Å². The summed E-state index contributed by atoms with van der Waals surface area (Å²) in [6, 6.07) is 5.09. The molecule has 4 rings (SSSR count). The van der Waals surface area contributed by atoms with Crippen LogP contribution < -0.4 is 10.2 Å². The Morgan fingerprint density at radius 1 is 1.25 bits per heavy atom. The lowest BCUT2D eigenvalue weighted by atomic mass is 10.1. The molecule has 2 aliphatic heterocycles. The topological polar surface area (TPSA) is 88.1 Å². The molecule has 1 saturated carbocycles. The van der Waals surface area contributed by atoms with E-state index in [1.807, 2.05) is 11.8 Å². The van der Waals surface area contributed by atoms with Crippen molar-refractivity contribution in [3.8, 4) is 0 Å². The van der Waals surface area contributed by atoms with Gasteiger partial charge in [-0.2, -0.15) is 8.42 Å². The molecule has 1 atom stereocenters. The van der Waals surface area contributed by atoms with Crippen molar-refractivity contribution in [1.82, 2.24) is 0 Å². The van der Waals surface area contributed by atoms with Crippen LogP contribution in [0.4, 0.5) is 11.4 Å². The molecule has 1 aromatic rings. The molecule has 0 bridgehead atoms. The number of rotatable bonds is 5. The number of fused-ring (bicyclic) bond motifs is 1. The number of hydrogen-bond acceptors (Lipinski definition) is 5. The van der Waals surface area contributed by atoms with Crippen molar-refractivity contribution in [3.63, 3.8) is 0 Å². The van der Waals surface area contributed by atoms with Gasteiger partial charge in [0.05, 0.1) is 18.3 Å². The van der Waals surface area contributed by atoms with Gasteiger partial charge in [-0.1, -0.05) is 19.8 Å². The minimum absolute atomic E-state index is 0.0216. The summed E-state index contributed by atoms with van der Waals surface area (Å²) >= 11 is 0. The van der Waals surface area contributed by atoms with Gasteiger partial charge in [0.25, 0.3) is 10.0 Å². The van der Waals surface area contributed by atoms with E-state index in [0.717, 1.165) is 45.1 Å². The Kier molecular flexibility index (Phi) is 5.42. The second-order valence-electron chi connectivity index (χ2n) is 7.73. The highest BCUT2D eigenvalue weighted by molar-refractivity contribution is 7.90. The molecule has 1 N–H and O–H groups in total. The molecule has 7 nitrogen and oxygen atoms in total. The molecule has 1 unspecified atom stereocenters. The van der Waals surface area contributed by atoms with Gasteiger partial charge in [0.15, 0.2) is 0 Å². The monoisotopic (exact) mass is 405 g/mol. The van der Waals surface area contributed by atoms with Crippen molar-refractivity contribution in [1.29, 1.82) is 0 Å². The summed E-state index contributed by atoms with van der Waals surface area (Å²) in [6.07, 6.45) is 6.52. The minimum atomic E-state index is -3.79. The summed E-state index contributed by atoms with van der Waals surface area (Å²) in [5, 5.41) is 2.89. The van der Waals surface area contributed by atoms with Crippen LogP contribution >= 0.6 is 0 Å². The van der Waals surface area contributed by atoms with E-state index < -0.39 is 10.0 Å². The van der Waals surface area contributed by atoms with E-state index >= 15 is 0 Å². The molecule has 1 aromatic carbocycles. The highest BCUT2D eigenvalue weighted by Crippen LogP contribution is 2.36. The Labute approximate surface area is 166 Å². The van der Waals surface area contributed by atoms with Crippen LogP contribution in [0.1, 0.15) is 51.9 Å². The van der Waals surface area contributed by atoms with Crippen molar-refractivity contribution in [2.24, 2.45) is 10.3 Å². The van der Waals surface area contributed by atoms with Gasteiger partial charge in [0, 0.05) is 24.6 Å². The number of sulfonamides is 1. The number of nitrogens with one attached hydrogen (secondary N) is 1. The smallest absolute Gasteiger partial charge is 0.286 e. The SMILES string of the molecule is CCC1=NS(=O)(=O)c2cc(NC(=O)C3CCCC3)ccc2N1CC1CCCO1. The third-order valence-corrected chi connectivity index (χ3v) is 7.12. The molecule has 1 aliphatic carbocycles. The first-order valence-corrected chi connectivity index (χ1v) is 11.6. The van der Waals surface area contributed by atoms with Gasteiger partial charge >= 0.3 is 0 Å². The third kappa shape index (κ3) is 3.80. The van der Waals surface area contributed by atoms with Crippen LogP contribution in [0.2, 0.25) is 0 Å². The zero-order valence-corrected chi connectivity index (χ0v) is 17.0. The van der Waals surface area contributed by atoms with Crippen LogP contribution in [-0.2, 0) is 19.6 Å². The lowest BCUT2D eigenvalue weighted by molar-refractivity contribution is -0.119. The fraction of sp³-hybridized carbons (Fsp3) is 0.600. The standard InChI is InChI=1S/C20H27N3O4S/c1-2-19-22-28(25,26)18-12-15(21-20(24)14-6-3-4-7-14)9-10-17(18)23(19)13-16-8-5-11-27-16/h9-10,12,14,16H,2-8,11,13H2,1H3,(H,21,24). The Morgan fingerprint density at radius 2 is 2.04 bits per heavy atom. The Balaban J connectivity index is 1.63. The maximum Gasteiger partial charge on any atom is 0.286 e. The van der Waals surface area contributed by atoms with E-state index in [4.69, 9.17) is 4.74 Å². The lowest BCUT2D eigenvalue weighted by Gasteiger charge is -2.32. The van der Waals surface area contributed by atoms with E-state index in [0.29, 0.717) is 30.2 Å². The molecule has 2 fully saturated rings. The summed E-state index contributed by atoms with van der Waals surface area (Å²) < 4.78 is 35.3. The van der Waals surface area contributed by atoms with Gasteiger partial charge in [0.1, 0.15) is 10.7 Å². The number of hydrogen-bond donors (Lipinski definition) is 1. The van der Waals surface area contributed by atoms with Crippen molar-refractivity contribution >= 4 is 33.1 Å². The van der Waals surface area contributed by atoms with Gasteiger partial charge < -0.3 is 15.0 Å². The lowest BCUT2D eigenvalue weighted by Crippen LogP contribution is -2.40. The minimum Gasteiger partial charge on any atom is -0.376 e. The number of amidine groups is 1. The second kappa shape index (κ2) is 7.83. The second-order valence-corrected chi connectivity index (χ2v) is 9.31. The number of anilines is 2. The highest BCUT2D eigenvalue weighted by Gasteiger charge is 2.33. The largest absolute Gasteiger partial charge is 0.376 e. The van der Waals surface area contributed by atoms with Crippen molar-refractivity contribution in [3.05, 3.63) is 18.2 Å². The van der Waals surface area contributed by atoms with E-state index in [1.54, 1.807) is 12.1 Å². The number of ether oxygens (including phenoxy) is 1. The summed E-state index contributed by atoms with van der Waals surface area (Å²) in [4.78, 5) is 14.5. The average molecular weight is 406 g/mol. The molecular formula is C20H27N3O4S. The van der Waals surface area contributed by atoms with Crippen molar-refractivity contribution in [2.75, 3.05) is 23.4 Å². The third-order valence-electron chi connectivity index (χ3n) is 5.79. The average Bonchev–Trinajstić information content (AvgIpc) is 3.38. The fourth-order valence-electron chi connectivity index (χ4n) is 4.28. The summed E-state index contributed by atoms with van der Waals surface area (Å²) in [5.74, 6) is 0.527. The van der Waals surface area contributed by atoms with Crippen LogP contribution in [0, 0.1) is 5.92 Å². The van der Waals surface area contributed by atoms with Crippen LogP contribution in [0.5, 0.6) is 0 Å². The van der Waals surface area contributed by atoms with Gasteiger partial charge in [-0.15, -0.1) is 4.40 Å². The zero-order valence-electron chi connectivity index (χ0n) is 16.2. The molecule has 2 heterocycles. The highest BCUT2D eigenvalue weighted by atomic mass is 32.2. The Bertz CT molecular complexity index is 885. The Hall–Kier alpha value is -1.93. The van der Waals surface area contributed by atoms with Gasteiger partial charge in [-0.3, -0.25) is 4.79 Å². The number of benzene rings is 1. The van der Waals surface area contributed by atoms with Gasteiger partial charge in [-0.25, -0.2) is 0 Å². The van der Waals surface area contributed by atoms with E-state index in [2.05, 4.69) is 9.71 Å². The molecule has 8 heteroatoms. The normalized spacial score (nSPS) is 24.1. The first-order chi connectivity index (χ1) is 13.5. The predicted octanol–water partition coefficient (Wildman–Crippen LogP) is 3.31. The zero-order chi connectivity index (χ0) is 19.7. The summed E-state index contributed by atoms with van der Waals surface area (Å²) in [5.41, 5.74) is 1.12. The molecule has 0 aromatic heterocycles. The summed E-state index contributed by atoms with van der Waals surface area (Å²) in [6.45, 7) is 3.23. The molecule has 0 radical (unpaired) electrons. The van der Waals surface area contributed by atoms with E-state index in [-0.39, 0.29) is 22.8 Å². The van der Waals surface area contributed by atoms with Crippen LogP contribution in [0.3, 0.4) is 0 Å². The number of carbonyl (C=O) groups is 1. The molecule has 0 spiro atoms. The predicted molar refractivity (Wildman–Crippen MR) is 108 cm³/mol. The van der Waals surface area contributed by atoms with E-state index in [1.165, 1.54) is 6.07 Å². The maximum absolute atomic E-state index is 12.8. The quantitative estimate of drug-likeness (QED) is 0.812. The summed E-state index contributed by atoms with van der Waals surface area (Å²) in [7, 11) is -3.79. The first-order valence-electron chi connectivity index (χ1n) is 10.2. The van der Waals surface area contributed by atoms with Crippen LogP contribution in [-0.4, -0.2) is 39.4 Å². The van der Waals surface area contributed by atoms with Crippen LogP contribution in [0.25, 0.3) is 0 Å². The molecule has 3 aliphatic rings.